The van der Waals surface area contributed by atoms with Gasteiger partial charge in [0.15, 0.2) is 0 Å². The lowest BCUT2D eigenvalue weighted by molar-refractivity contribution is 0.0783. The summed E-state index contributed by atoms with van der Waals surface area (Å²) in [5.74, 6) is 0. The van der Waals surface area contributed by atoms with Crippen LogP contribution in [0, 0.1) is 0 Å². The molecule has 0 spiro atoms. The molecule has 0 N–H and O–H groups in total. The van der Waals surface area contributed by atoms with E-state index in [1.165, 1.54) is 32.7 Å². The fourth-order valence-electron chi connectivity index (χ4n) is 4.87. The first-order chi connectivity index (χ1) is 14.7. The van der Waals surface area contributed by atoms with Crippen molar-refractivity contribution in [1.29, 1.82) is 0 Å². The van der Waals surface area contributed by atoms with Crippen molar-refractivity contribution in [2.75, 3.05) is 26.2 Å². The molecule has 4 heteroatoms. The Morgan fingerprint density at radius 3 is 1.22 bits per heavy atom. The van der Waals surface area contributed by atoms with Crippen LogP contribution in [0.1, 0.15) is 37.1 Å². The van der Waals surface area contributed by atoms with E-state index in [1.54, 1.807) is 0 Å². The number of fused-ring (bicyclic) bond motifs is 2. The van der Waals surface area contributed by atoms with Gasteiger partial charge in [0.2, 0.25) is 0 Å². The second-order valence-corrected chi connectivity index (χ2v) is 8.64. The Labute approximate surface area is 204 Å². The third-order valence-electron chi connectivity index (χ3n) is 6.96. The molecule has 32 heavy (non-hydrogen) atoms. The molecule has 168 valence electrons. The summed E-state index contributed by atoms with van der Waals surface area (Å²) in [6.45, 7) is 9.18. The highest BCUT2D eigenvalue weighted by atomic mass is 35.5. The van der Waals surface area contributed by atoms with Gasteiger partial charge in [0.05, 0.1) is 0 Å². The lowest BCUT2D eigenvalue weighted by atomic mass is 10.00. The first-order valence-electron chi connectivity index (χ1n) is 11.1. The maximum Gasteiger partial charge on any atom is 0.0321 e. The molecule has 2 atom stereocenters. The molecule has 2 unspecified atom stereocenters. The number of halogens is 2. The van der Waals surface area contributed by atoms with Crippen molar-refractivity contribution in [1.82, 2.24) is 9.80 Å². The third kappa shape index (κ3) is 4.94. The summed E-state index contributed by atoms with van der Waals surface area (Å²) in [7, 11) is 0. The molecule has 0 bridgehead atoms. The van der Waals surface area contributed by atoms with Crippen molar-refractivity contribution in [3.63, 3.8) is 0 Å². The molecule has 0 aliphatic carbocycles. The van der Waals surface area contributed by atoms with Crippen molar-refractivity contribution in [2.24, 2.45) is 0 Å². The molecule has 1 aliphatic rings. The van der Waals surface area contributed by atoms with Crippen LogP contribution >= 0.6 is 24.8 Å². The molecule has 1 saturated heterocycles. The Hall–Kier alpha value is -2.10. The molecule has 2 nitrogen and oxygen atoms in total. The van der Waals surface area contributed by atoms with Gasteiger partial charge in [0.25, 0.3) is 0 Å². The molecule has 1 fully saturated rings. The quantitative estimate of drug-likeness (QED) is 0.311. The molecule has 4 aromatic carbocycles. The lowest BCUT2D eigenvalue weighted by Gasteiger charge is -2.41. The highest BCUT2D eigenvalue weighted by Crippen LogP contribution is 2.29. The summed E-state index contributed by atoms with van der Waals surface area (Å²) in [5, 5.41) is 5.32. The van der Waals surface area contributed by atoms with Crippen molar-refractivity contribution in [2.45, 2.75) is 25.9 Å². The van der Waals surface area contributed by atoms with Crippen LogP contribution in [-0.2, 0) is 0 Å². The highest BCUT2D eigenvalue weighted by Gasteiger charge is 2.25. The molecular formula is C28H32Cl2N2. The summed E-state index contributed by atoms with van der Waals surface area (Å²) < 4.78 is 0. The second-order valence-electron chi connectivity index (χ2n) is 8.64. The van der Waals surface area contributed by atoms with E-state index in [9.17, 15) is 0 Å². The predicted octanol–water partition coefficient (Wildman–Crippen LogP) is 7.28. The first-order valence-corrected chi connectivity index (χ1v) is 11.1. The van der Waals surface area contributed by atoms with E-state index >= 15 is 0 Å². The van der Waals surface area contributed by atoms with Gasteiger partial charge >= 0.3 is 0 Å². The van der Waals surface area contributed by atoms with Crippen molar-refractivity contribution < 1.29 is 0 Å². The van der Waals surface area contributed by atoms with Crippen LogP contribution in [0.5, 0.6) is 0 Å². The number of benzene rings is 4. The van der Waals surface area contributed by atoms with Crippen LogP contribution in [0.25, 0.3) is 21.5 Å². The molecule has 4 aromatic rings. The van der Waals surface area contributed by atoms with Gasteiger partial charge in [-0.25, -0.2) is 0 Å². The van der Waals surface area contributed by atoms with Crippen molar-refractivity contribution in [3.8, 4) is 0 Å². The van der Waals surface area contributed by atoms with Crippen LogP contribution in [0.3, 0.4) is 0 Å². The standard InChI is InChI=1S/C28H30N2.2ClH/c1-21(25-13-11-23-7-3-5-9-27(23)19-25)29-15-17-30(18-16-29)22(2)26-14-12-24-8-4-6-10-28(24)20-26;;/h3-14,19-22H,15-18H2,1-2H3;2*1H. The van der Waals surface area contributed by atoms with Gasteiger partial charge in [-0.2, -0.15) is 0 Å². The average molecular weight is 467 g/mol. The number of rotatable bonds is 4. The van der Waals surface area contributed by atoms with Gasteiger partial charge in [0, 0.05) is 38.3 Å². The van der Waals surface area contributed by atoms with Crippen LogP contribution in [0.15, 0.2) is 84.9 Å². The molecule has 1 heterocycles. The zero-order valence-corrected chi connectivity index (χ0v) is 20.4. The lowest BCUT2D eigenvalue weighted by Crippen LogP contribution is -2.47. The molecule has 0 aromatic heterocycles. The average Bonchev–Trinajstić information content (AvgIpc) is 2.82. The van der Waals surface area contributed by atoms with Gasteiger partial charge in [0.1, 0.15) is 0 Å². The van der Waals surface area contributed by atoms with Gasteiger partial charge in [-0.1, -0.05) is 72.8 Å². The van der Waals surface area contributed by atoms with Gasteiger partial charge in [-0.05, 0) is 58.7 Å². The van der Waals surface area contributed by atoms with Crippen LogP contribution < -0.4 is 0 Å². The maximum absolute atomic E-state index is 2.63. The minimum Gasteiger partial charge on any atom is -0.294 e. The van der Waals surface area contributed by atoms with Crippen molar-refractivity contribution in [3.05, 3.63) is 96.1 Å². The number of hydrogen-bond donors (Lipinski definition) is 0. The zero-order chi connectivity index (χ0) is 20.5. The van der Waals surface area contributed by atoms with Crippen LogP contribution in [0.4, 0.5) is 0 Å². The maximum atomic E-state index is 2.63. The Bertz CT molecular complexity index is 1070. The molecule has 0 amide bonds. The van der Waals surface area contributed by atoms with E-state index in [4.69, 9.17) is 0 Å². The fraction of sp³-hybridized carbons (Fsp3) is 0.286. The van der Waals surface area contributed by atoms with E-state index in [0.717, 1.165) is 26.2 Å². The van der Waals surface area contributed by atoms with E-state index in [1.807, 2.05) is 0 Å². The Morgan fingerprint density at radius 1 is 0.500 bits per heavy atom. The summed E-state index contributed by atoms with van der Waals surface area (Å²) in [4.78, 5) is 5.27. The number of piperazine rings is 1. The first kappa shape index (κ1) is 24.5. The van der Waals surface area contributed by atoms with Gasteiger partial charge in [-0.15, -0.1) is 24.8 Å². The van der Waals surface area contributed by atoms with Gasteiger partial charge < -0.3 is 0 Å². The molecular weight excluding hydrogens is 435 g/mol. The zero-order valence-electron chi connectivity index (χ0n) is 18.8. The van der Waals surface area contributed by atoms with E-state index in [-0.39, 0.29) is 24.8 Å². The van der Waals surface area contributed by atoms with Crippen LogP contribution in [0.2, 0.25) is 0 Å². The predicted molar refractivity (Wildman–Crippen MR) is 142 cm³/mol. The second kappa shape index (κ2) is 10.7. The molecule has 0 saturated carbocycles. The fourth-order valence-corrected chi connectivity index (χ4v) is 4.87. The number of hydrogen-bond acceptors (Lipinski definition) is 2. The molecule has 0 radical (unpaired) electrons. The summed E-state index contributed by atoms with van der Waals surface area (Å²) >= 11 is 0. The van der Waals surface area contributed by atoms with E-state index < -0.39 is 0 Å². The van der Waals surface area contributed by atoms with E-state index in [0.29, 0.717) is 12.1 Å². The molecule has 5 rings (SSSR count). The van der Waals surface area contributed by atoms with Crippen molar-refractivity contribution >= 4 is 46.4 Å². The van der Waals surface area contributed by atoms with E-state index in [2.05, 4.69) is 109 Å². The smallest absolute Gasteiger partial charge is 0.0321 e. The molecule has 1 aliphatic heterocycles. The minimum atomic E-state index is 0. The number of nitrogens with zero attached hydrogens (tertiary/aromatic N) is 2. The van der Waals surface area contributed by atoms with Gasteiger partial charge in [-0.3, -0.25) is 9.80 Å². The highest BCUT2D eigenvalue weighted by molar-refractivity contribution is 5.86. The monoisotopic (exact) mass is 466 g/mol. The summed E-state index contributed by atoms with van der Waals surface area (Å²) in [6, 6.07) is 32.1. The topological polar surface area (TPSA) is 6.48 Å². The Morgan fingerprint density at radius 2 is 0.844 bits per heavy atom. The Balaban J connectivity index is 0.00000144. The minimum absolute atomic E-state index is 0. The Kier molecular flexibility index (Phi) is 8.19. The normalized spacial score (nSPS) is 16.8. The summed E-state index contributed by atoms with van der Waals surface area (Å²) in [5.41, 5.74) is 2.84. The van der Waals surface area contributed by atoms with Crippen LogP contribution in [-0.4, -0.2) is 36.0 Å². The summed E-state index contributed by atoms with van der Waals surface area (Å²) in [6.07, 6.45) is 0. The SMILES string of the molecule is CC(c1ccc2ccccc2c1)N1CCN(C(C)c2ccc3ccccc3c2)CC1.Cl.Cl. The largest absolute Gasteiger partial charge is 0.294 e. The third-order valence-corrected chi connectivity index (χ3v) is 6.96.